The van der Waals surface area contributed by atoms with Crippen LogP contribution in [-0.4, -0.2) is 5.78 Å². The molecule has 0 heterocycles. The number of rotatable bonds is 7. The first-order valence-corrected chi connectivity index (χ1v) is 5.83. The molecule has 1 atom stereocenters. The van der Waals surface area contributed by atoms with E-state index in [1.54, 1.807) is 0 Å². The quantitative estimate of drug-likeness (QED) is 0.550. The van der Waals surface area contributed by atoms with E-state index >= 15 is 0 Å². The Morgan fingerprint density at radius 3 is 2.46 bits per heavy atom. The SMILES string of the molecule is CCCCCC(CC)C(=O)C1CC1. The topological polar surface area (TPSA) is 17.1 Å². The third-order valence-corrected chi connectivity index (χ3v) is 3.03. The predicted octanol–water partition coefficient (Wildman–Crippen LogP) is 3.57. The molecule has 76 valence electrons. The standard InChI is InChI=1S/C12H22O/c1-3-5-6-7-10(4-2)12(13)11-8-9-11/h10-11H,3-9H2,1-2H3. The van der Waals surface area contributed by atoms with E-state index in [4.69, 9.17) is 0 Å². The summed E-state index contributed by atoms with van der Waals surface area (Å²) < 4.78 is 0. The van der Waals surface area contributed by atoms with Crippen LogP contribution in [0.4, 0.5) is 0 Å². The van der Waals surface area contributed by atoms with Crippen LogP contribution >= 0.6 is 0 Å². The minimum atomic E-state index is 0.388. The lowest BCUT2D eigenvalue weighted by atomic mass is 9.92. The molecule has 1 saturated carbocycles. The van der Waals surface area contributed by atoms with Crippen LogP contribution in [0.15, 0.2) is 0 Å². The van der Waals surface area contributed by atoms with Crippen molar-refractivity contribution >= 4 is 5.78 Å². The third kappa shape index (κ3) is 3.50. The average molecular weight is 182 g/mol. The van der Waals surface area contributed by atoms with Gasteiger partial charge in [-0.05, 0) is 25.7 Å². The number of Topliss-reactive ketones (excluding diaryl/α,β-unsaturated/α-hetero) is 1. The second-order valence-electron chi connectivity index (χ2n) is 4.28. The summed E-state index contributed by atoms with van der Waals surface area (Å²) in [7, 11) is 0. The van der Waals surface area contributed by atoms with Gasteiger partial charge in [-0.3, -0.25) is 4.79 Å². The van der Waals surface area contributed by atoms with Crippen LogP contribution in [0.25, 0.3) is 0 Å². The molecule has 0 aromatic carbocycles. The Bertz CT molecular complexity index is 159. The van der Waals surface area contributed by atoms with Gasteiger partial charge in [0.15, 0.2) is 0 Å². The molecule has 0 aromatic heterocycles. The van der Waals surface area contributed by atoms with Gasteiger partial charge in [-0.15, -0.1) is 0 Å². The molecule has 0 spiro atoms. The molecule has 1 heteroatoms. The Morgan fingerprint density at radius 1 is 1.31 bits per heavy atom. The minimum Gasteiger partial charge on any atom is -0.299 e. The molecule has 1 aliphatic carbocycles. The number of hydrogen-bond acceptors (Lipinski definition) is 1. The monoisotopic (exact) mass is 182 g/mol. The molecule has 1 fully saturated rings. The zero-order chi connectivity index (χ0) is 9.68. The lowest BCUT2D eigenvalue weighted by Crippen LogP contribution is -2.15. The Balaban J connectivity index is 2.20. The van der Waals surface area contributed by atoms with Crippen molar-refractivity contribution in [3.05, 3.63) is 0 Å². The number of unbranched alkanes of at least 4 members (excludes halogenated alkanes) is 2. The van der Waals surface area contributed by atoms with Crippen molar-refractivity contribution < 1.29 is 4.79 Å². The van der Waals surface area contributed by atoms with Crippen LogP contribution in [0.2, 0.25) is 0 Å². The van der Waals surface area contributed by atoms with E-state index in [1.807, 2.05) is 0 Å². The van der Waals surface area contributed by atoms with Crippen LogP contribution in [0.1, 0.15) is 58.8 Å². The minimum absolute atomic E-state index is 0.388. The number of carbonyl (C=O) groups is 1. The van der Waals surface area contributed by atoms with Gasteiger partial charge in [0.25, 0.3) is 0 Å². The van der Waals surface area contributed by atoms with Crippen molar-refractivity contribution in [3.63, 3.8) is 0 Å². The summed E-state index contributed by atoms with van der Waals surface area (Å²) in [6.07, 6.45) is 8.32. The molecule has 1 aliphatic rings. The highest BCUT2D eigenvalue weighted by molar-refractivity contribution is 5.85. The maximum atomic E-state index is 11.7. The van der Waals surface area contributed by atoms with Gasteiger partial charge in [-0.25, -0.2) is 0 Å². The Hall–Kier alpha value is -0.330. The van der Waals surface area contributed by atoms with Crippen LogP contribution in [0, 0.1) is 11.8 Å². The van der Waals surface area contributed by atoms with Gasteiger partial charge >= 0.3 is 0 Å². The lowest BCUT2D eigenvalue weighted by Gasteiger charge is -2.12. The molecule has 1 unspecified atom stereocenters. The van der Waals surface area contributed by atoms with Gasteiger partial charge < -0.3 is 0 Å². The summed E-state index contributed by atoms with van der Waals surface area (Å²) in [5.41, 5.74) is 0. The van der Waals surface area contributed by atoms with E-state index in [0.29, 0.717) is 17.6 Å². The third-order valence-electron chi connectivity index (χ3n) is 3.03. The Morgan fingerprint density at radius 2 is 2.00 bits per heavy atom. The molecular weight excluding hydrogens is 160 g/mol. The summed E-state index contributed by atoms with van der Waals surface area (Å²) >= 11 is 0. The fraction of sp³-hybridized carbons (Fsp3) is 0.917. The highest BCUT2D eigenvalue weighted by atomic mass is 16.1. The van der Waals surface area contributed by atoms with Crippen molar-refractivity contribution in [2.75, 3.05) is 0 Å². The van der Waals surface area contributed by atoms with Gasteiger partial charge in [-0.2, -0.15) is 0 Å². The molecule has 0 saturated heterocycles. The highest BCUT2D eigenvalue weighted by Gasteiger charge is 2.33. The van der Waals surface area contributed by atoms with Gasteiger partial charge in [-0.1, -0.05) is 33.1 Å². The molecule has 0 N–H and O–H groups in total. The van der Waals surface area contributed by atoms with E-state index in [0.717, 1.165) is 12.8 Å². The molecule has 13 heavy (non-hydrogen) atoms. The summed E-state index contributed by atoms with van der Waals surface area (Å²) in [4.78, 5) is 11.7. The van der Waals surface area contributed by atoms with Gasteiger partial charge in [0.2, 0.25) is 0 Å². The van der Waals surface area contributed by atoms with Crippen molar-refractivity contribution in [1.29, 1.82) is 0 Å². The fourth-order valence-corrected chi connectivity index (χ4v) is 1.89. The first kappa shape index (κ1) is 10.7. The van der Waals surface area contributed by atoms with E-state index < -0.39 is 0 Å². The second kappa shape index (κ2) is 5.41. The Labute approximate surface area is 81.9 Å². The van der Waals surface area contributed by atoms with Crippen molar-refractivity contribution in [1.82, 2.24) is 0 Å². The average Bonchev–Trinajstić information content (AvgIpc) is 2.94. The summed E-state index contributed by atoms with van der Waals surface area (Å²) in [6, 6.07) is 0. The summed E-state index contributed by atoms with van der Waals surface area (Å²) in [5, 5.41) is 0. The number of hydrogen-bond donors (Lipinski definition) is 0. The van der Waals surface area contributed by atoms with Gasteiger partial charge in [0.1, 0.15) is 5.78 Å². The zero-order valence-electron chi connectivity index (χ0n) is 9.01. The molecule has 0 aliphatic heterocycles. The van der Waals surface area contributed by atoms with Crippen LogP contribution < -0.4 is 0 Å². The van der Waals surface area contributed by atoms with Crippen LogP contribution in [0.5, 0.6) is 0 Å². The molecule has 0 bridgehead atoms. The maximum absolute atomic E-state index is 11.7. The fourth-order valence-electron chi connectivity index (χ4n) is 1.89. The molecule has 1 nitrogen and oxygen atoms in total. The highest BCUT2D eigenvalue weighted by Crippen LogP contribution is 2.34. The van der Waals surface area contributed by atoms with Gasteiger partial charge in [0.05, 0.1) is 0 Å². The van der Waals surface area contributed by atoms with E-state index in [9.17, 15) is 4.79 Å². The van der Waals surface area contributed by atoms with Crippen molar-refractivity contribution in [3.8, 4) is 0 Å². The second-order valence-corrected chi connectivity index (χ2v) is 4.28. The van der Waals surface area contributed by atoms with Gasteiger partial charge in [0, 0.05) is 11.8 Å². The van der Waals surface area contributed by atoms with Crippen LogP contribution in [0.3, 0.4) is 0 Å². The van der Waals surface area contributed by atoms with E-state index in [-0.39, 0.29) is 0 Å². The normalized spacial score (nSPS) is 18.6. The molecule has 1 rings (SSSR count). The van der Waals surface area contributed by atoms with Crippen molar-refractivity contribution in [2.24, 2.45) is 11.8 Å². The first-order valence-electron chi connectivity index (χ1n) is 5.83. The number of carbonyl (C=O) groups excluding carboxylic acids is 1. The smallest absolute Gasteiger partial charge is 0.139 e. The lowest BCUT2D eigenvalue weighted by molar-refractivity contribution is -0.124. The largest absolute Gasteiger partial charge is 0.299 e. The predicted molar refractivity (Wildman–Crippen MR) is 55.7 cm³/mol. The molecular formula is C12H22O. The molecule has 0 radical (unpaired) electrons. The van der Waals surface area contributed by atoms with Crippen LogP contribution in [-0.2, 0) is 4.79 Å². The molecule has 0 amide bonds. The van der Waals surface area contributed by atoms with E-state index in [2.05, 4.69) is 13.8 Å². The maximum Gasteiger partial charge on any atom is 0.139 e. The Kier molecular flexibility index (Phi) is 4.47. The molecule has 0 aromatic rings. The summed E-state index contributed by atoms with van der Waals surface area (Å²) in [6.45, 7) is 4.36. The zero-order valence-corrected chi connectivity index (χ0v) is 9.01. The number of ketones is 1. The van der Waals surface area contributed by atoms with E-state index in [1.165, 1.54) is 32.1 Å². The first-order chi connectivity index (χ1) is 6.29. The van der Waals surface area contributed by atoms with Crippen molar-refractivity contribution in [2.45, 2.75) is 58.8 Å². The summed E-state index contributed by atoms with van der Waals surface area (Å²) in [5.74, 6) is 1.42.